The van der Waals surface area contributed by atoms with Crippen molar-refractivity contribution < 1.29 is 19.1 Å². The Bertz CT molecular complexity index is 409. The molecular formula is C17H30N2O4. The molecule has 1 fully saturated rings. The summed E-state index contributed by atoms with van der Waals surface area (Å²) in [7, 11) is 0. The standard InChI is InChI=1S/C17H30N2O4/c1-4-23-11-9-18-15(20)8-6-5-7-10-19-16(21)12-14(13(2)3)17(19)22/h13-14H,4-12H2,1-3H3,(H,18,20). The molecule has 0 aromatic carbocycles. The number of imide groups is 1. The summed E-state index contributed by atoms with van der Waals surface area (Å²) in [5, 5.41) is 2.80. The van der Waals surface area contributed by atoms with Crippen LogP contribution in [-0.4, -0.2) is 48.9 Å². The topological polar surface area (TPSA) is 75.7 Å². The van der Waals surface area contributed by atoms with Crippen LogP contribution in [0.3, 0.4) is 0 Å². The lowest BCUT2D eigenvalue weighted by atomic mass is 9.94. The van der Waals surface area contributed by atoms with E-state index < -0.39 is 0 Å². The summed E-state index contributed by atoms with van der Waals surface area (Å²) in [5.41, 5.74) is 0. The molecule has 1 N–H and O–H groups in total. The van der Waals surface area contributed by atoms with Crippen LogP contribution in [0.4, 0.5) is 0 Å². The first-order chi connectivity index (χ1) is 11.0. The second-order valence-corrected chi connectivity index (χ2v) is 6.30. The van der Waals surface area contributed by atoms with E-state index in [9.17, 15) is 14.4 Å². The maximum absolute atomic E-state index is 12.1. The minimum atomic E-state index is -0.154. The molecular weight excluding hydrogens is 296 g/mol. The quantitative estimate of drug-likeness (QED) is 0.463. The Labute approximate surface area is 138 Å². The molecule has 6 nitrogen and oxygen atoms in total. The Morgan fingerprint density at radius 3 is 2.65 bits per heavy atom. The molecule has 0 aromatic heterocycles. The normalized spacial score (nSPS) is 18.1. The van der Waals surface area contributed by atoms with E-state index in [2.05, 4.69) is 5.32 Å². The van der Waals surface area contributed by atoms with Gasteiger partial charge < -0.3 is 10.1 Å². The van der Waals surface area contributed by atoms with Crippen LogP contribution in [0.1, 0.15) is 52.9 Å². The number of ether oxygens (including phenoxy) is 1. The van der Waals surface area contributed by atoms with E-state index in [4.69, 9.17) is 4.74 Å². The summed E-state index contributed by atoms with van der Waals surface area (Å²) in [6.45, 7) is 8.08. The van der Waals surface area contributed by atoms with E-state index in [0.717, 1.165) is 19.3 Å². The Hall–Kier alpha value is -1.43. The van der Waals surface area contributed by atoms with Crippen LogP contribution in [-0.2, 0) is 19.1 Å². The summed E-state index contributed by atoms with van der Waals surface area (Å²) in [5.74, 6) is -0.00520. The predicted molar refractivity (Wildman–Crippen MR) is 87.6 cm³/mol. The van der Waals surface area contributed by atoms with Gasteiger partial charge in [0.1, 0.15) is 0 Å². The monoisotopic (exact) mass is 326 g/mol. The van der Waals surface area contributed by atoms with Crippen molar-refractivity contribution in [3.8, 4) is 0 Å². The number of nitrogens with one attached hydrogen (secondary N) is 1. The molecule has 0 radical (unpaired) electrons. The highest BCUT2D eigenvalue weighted by Gasteiger charge is 2.39. The molecule has 0 bridgehead atoms. The average Bonchev–Trinajstić information content (AvgIpc) is 2.79. The molecule has 1 rings (SSSR count). The highest BCUT2D eigenvalue weighted by molar-refractivity contribution is 6.03. The Morgan fingerprint density at radius 1 is 1.30 bits per heavy atom. The van der Waals surface area contributed by atoms with Crippen LogP contribution < -0.4 is 5.32 Å². The lowest BCUT2D eigenvalue weighted by Gasteiger charge is -2.16. The van der Waals surface area contributed by atoms with Crippen LogP contribution in [0, 0.1) is 11.8 Å². The molecule has 1 aliphatic rings. The number of likely N-dealkylation sites (tertiary alicyclic amines) is 1. The van der Waals surface area contributed by atoms with Crippen molar-refractivity contribution in [3.05, 3.63) is 0 Å². The van der Waals surface area contributed by atoms with Gasteiger partial charge in [0.2, 0.25) is 17.7 Å². The first-order valence-electron chi connectivity index (χ1n) is 8.66. The van der Waals surface area contributed by atoms with Crippen LogP contribution >= 0.6 is 0 Å². The first-order valence-corrected chi connectivity index (χ1v) is 8.66. The van der Waals surface area contributed by atoms with Crippen LogP contribution in [0.15, 0.2) is 0 Å². The first kappa shape index (κ1) is 19.6. The molecule has 1 atom stereocenters. The highest BCUT2D eigenvalue weighted by Crippen LogP contribution is 2.26. The largest absolute Gasteiger partial charge is 0.380 e. The van der Waals surface area contributed by atoms with Crippen molar-refractivity contribution in [1.29, 1.82) is 0 Å². The van der Waals surface area contributed by atoms with Crippen molar-refractivity contribution in [3.63, 3.8) is 0 Å². The summed E-state index contributed by atoms with van der Waals surface area (Å²) in [6, 6.07) is 0. The number of hydrogen-bond donors (Lipinski definition) is 1. The van der Waals surface area contributed by atoms with Crippen molar-refractivity contribution in [2.75, 3.05) is 26.3 Å². The zero-order valence-electron chi connectivity index (χ0n) is 14.6. The molecule has 1 saturated heterocycles. The molecule has 0 spiro atoms. The third kappa shape index (κ3) is 6.69. The molecule has 1 aliphatic heterocycles. The van der Waals surface area contributed by atoms with E-state index in [0.29, 0.717) is 39.1 Å². The molecule has 0 saturated carbocycles. The smallest absolute Gasteiger partial charge is 0.233 e. The minimum Gasteiger partial charge on any atom is -0.380 e. The molecule has 1 unspecified atom stereocenters. The molecule has 6 heteroatoms. The second kappa shape index (κ2) is 10.4. The third-order valence-electron chi connectivity index (χ3n) is 4.14. The van der Waals surface area contributed by atoms with Crippen molar-refractivity contribution >= 4 is 17.7 Å². The number of hydrogen-bond acceptors (Lipinski definition) is 4. The van der Waals surface area contributed by atoms with Gasteiger partial charge in [-0.1, -0.05) is 20.3 Å². The SMILES string of the molecule is CCOCCNC(=O)CCCCCN1C(=O)CC(C(C)C)C1=O. The molecule has 0 aromatic rings. The Balaban J connectivity index is 2.12. The Morgan fingerprint density at radius 2 is 2.04 bits per heavy atom. The maximum atomic E-state index is 12.1. The van der Waals surface area contributed by atoms with Crippen LogP contribution in [0.2, 0.25) is 0 Å². The molecule has 1 heterocycles. The van der Waals surface area contributed by atoms with E-state index in [1.165, 1.54) is 4.90 Å². The van der Waals surface area contributed by atoms with E-state index in [-0.39, 0.29) is 29.6 Å². The Kier molecular flexibility index (Phi) is 8.84. The number of nitrogens with zero attached hydrogens (tertiary/aromatic N) is 1. The molecule has 132 valence electrons. The number of rotatable bonds is 11. The predicted octanol–water partition coefficient (Wildman–Crippen LogP) is 1.73. The van der Waals surface area contributed by atoms with Gasteiger partial charge >= 0.3 is 0 Å². The van der Waals surface area contributed by atoms with Gasteiger partial charge in [-0.3, -0.25) is 19.3 Å². The molecule has 3 amide bonds. The van der Waals surface area contributed by atoms with Crippen LogP contribution in [0.25, 0.3) is 0 Å². The van der Waals surface area contributed by atoms with E-state index in [1.807, 2.05) is 20.8 Å². The average molecular weight is 326 g/mol. The third-order valence-corrected chi connectivity index (χ3v) is 4.14. The van der Waals surface area contributed by atoms with Gasteiger partial charge in [-0.15, -0.1) is 0 Å². The number of unbranched alkanes of at least 4 members (excludes halogenated alkanes) is 2. The van der Waals surface area contributed by atoms with Crippen molar-refractivity contribution in [1.82, 2.24) is 10.2 Å². The zero-order chi connectivity index (χ0) is 17.2. The number of carbonyl (C=O) groups excluding carboxylic acids is 3. The maximum Gasteiger partial charge on any atom is 0.233 e. The number of amides is 3. The summed E-state index contributed by atoms with van der Waals surface area (Å²) < 4.78 is 5.15. The highest BCUT2D eigenvalue weighted by atomic mass is 16.5. The van der Waals surface area contributed by atoms with Gasteiger partial charge in [0.25, 0.3) is 0 Å². The van der Waals surface area contributed by atoms with Gasteiger partial charge in [-0.25, -0.2) is 0 Å². The molecule has 23 heavy (non-hydrogen) atoms. The van der Waals surface area contributed by atoms with Gasteiger partial charge in [0, 0.05) is 38.5 Å². The minimum absolute atomic E-state index is 0.0258. The fraction of sp³-hybridized carbons (Fsp3) is 0.824. The lowest BCUT2D eigenvalue weighted by Crippen LogP contribution is -2.32. The van der Waals surface area contributed by atoms with Crippen molar-refractivity contribution in [2.45, 2.75) is 52.9 Å². The summed E-state index contributed by atoms with van der Waals surface area (Å²) in [4.78, 5) is 37.0. The molecule has 0 aliphatic carbocycles. The summed E-state index contributed by atoms with van der Waals surface area (Å²) in [6.07, 6.45) is 3.18. The zero-order valence-corrected chi connectivity index (χ0v) is 14.6. The fourth-order valence-electron chi connectivity index (χ4n) is 2.69. The van der Waals surface area contributed by atoms with Gasteiger partial charge in [-0.2, -0.15) is 0 Å². The van der Waals surface area contributed by atoms with E-state index in [1.54, 1.807) is 0 Å². The summed E-state index contributed by atoms with van der Waals surface area (Å²) >= 11 is 0. The fourth-order valence-corrected chi connectivity index (χ4v) is 2.69. The van der Waals surface area contributed by atoms with E-state index >= 15 is 0 Å². The number of carbonyl (C=O) groups is 3. The lowest BCUT2D eigenvalue weighted by molar-refractivity contribution is -0.139. The van der Waals surface area contributed by atoms with Crippen molar-refractivity contribution in [2.24, 2.45) is 11.8 Å². The van der Waals surface area contributed by atoms with Gasteiger partial charge in [-0.05, 0) is 25.7 Å². The van der Waals surface area contributed by atoms with Gasteiger partial charge in [0.15, 0.2) is 0 Å². The second-order valence-electron chi connectivity index (χ2n) is 6.30. The van der Waals surface area contributed by atoms with Gasteiger partial charge in [0.05, 0.1) is 6.61 Å². The van der Waals surface area contributed by atoms with Crippen LogP contribution in [0.5, 0.6) is 0 Å².